The summed E-state index contributed by atoms with van der Waals surface area (Å²) in [5.41, 5.74) is 0. The number of carbonyl (C=O) groups excluding carboxylic acids is 2. The Morgan fingerprint density at radius 2 is 1.25 bits per heavy atom. The molecule has 0 rings (SSSR count). The second kappa shape index (κ2) is 11.6. The van der Waals surface area contributed by atoms with Crippen LogP contribution in [0.1, 0.15) is 2.85 Å². The van der Waals surface area contributed by atoms with E-state index in [0.717, 1.165) is 0 Å². The quantitative estimate of drug-likeness (QED) is 0.197. The van der Waals surface area contributed by atoms with E-state index in [2.05, 4.69) is 9.78 Å². The molecular formula is C4H6Na2O6. The average Bonchev–Trinajstić information content (AvgIpc) is 1.99. The maximum atomic E-state index is 9.98. The molecule has 0 unspecified atom stereocenters. The molecule has 0 aliphatic heterocycles. The third-order valence-corrected chi connectivity index (χ3v) is 0.535. The summed E-state index contributed by atoms with van der Waals surface area (Å²) in [5, 5.41) is 15.2. The van der Waals surface area contributed by atoms with E-state index in [-0.39, 0.29) is 62.0 Å². The minimum Gasteiger partial charge on any atom is -1.00 e. The van der Waals surface area contributed by atoms with E-state index in [4.69, 9.17) is 10.5 Å². The summed E-state index contributed by atoms with van der Waals surface area (Å²) >= 11 is 0. The van der Waals surface area contributed by atoms with Crippen LogP contribution in [0, 0.1) is 0 Å². The molecule has 0 aromatic heterocycles. The molecule has 0 atom stereocenters. The van der Waals surface area contributed by atoms with Gasteiger partial charge in [0, 0.05) is 12.2 Å². The van der Waals surface area contributed by atoms with Crippen molar-refractivity contribution in [2.75, 3.05) is 0 Å². The Hall–Kier alpha value is 0.600. The maximum Gasteiger partial charge on any atom is 1.00 e. The van der Waals surface area contributed by atoms with Crippen molar-refractivity contribution in [2.24, 2.45) is 0 Å². The molecule has 60 valence electrons. The van der Waals surface area contributed by atoms with E-state index in [1.54, 1.807) is 0 Å². The van der Waals surface area contributed by atoms with E-state index in [0.29, 0.717) is 12.2 Å². The minimum atomic E-state index is -1.13. The molecule has 2 N–H and O–H groups in total. The summed E-state index contributed by atoms with van der Waals surface area (Å²) in [5.74, 6) is -2.27. The van der Waals surface area contributed by atoms with Gasteiger partial charge in [-0.05, 0) is 0 Å². The summed E-state index contributed by atoms with van der Waals surface area (Å²) < 4.78 is 0. The van der Waals surface area contributed by atoms with Gasteiger partial charge in [-0.3, -0.25) is 9.78 Å². The van der Waals surface area contributed by atoms with Crippen LogP contribution in [0.15, 0.2) is 12.2 Å². The second-order valence-electron chi connectivity index (χ2n) is 1.15. The third kappa shape index (κ3) is 10.6. The monoisotopic (exact) mass is 196 g/mol. The van der Waals surface area contributed by atoms with Gasteiger partial charge in [0.25, 0.3) is 0 Å². The van der Waals surface area contributed by atoms with Crippen LogP contribution in [-0.4, -0.2) is 22.5 Å². The Bertz CT molecular complexity index is 157. The third-order valence-electron chi connectivity index (χ3n) is 0.535. The summed E-state index contributed by atoms with van der Waals surface area (Å²) in [6, 6.07) is 0. The van der Waals surface area contributed by atoms with Gasteiger partial charge in [0.15, 0.2) is 0 Å². The number of carbonyl (C=O) groups is 2. The number of hydrogen-bond acceptors (Lipinski definition) is 6. The van der Waals surface area contributed by atoms with Crippen molar-refractivity contribution >= 4 is 11.9 Å². The molecular weight excluding hydrogens is 190 g/mol. The number of hydrogen-bond donors (Lipinski definition) is 2. The van der Waals surface area contributed by atoms with Gasteiger partial charge >= 0.3 is 71.1 Å². The molecule has 0 heterocycles. The van der Waals surface area contributed by atoms with Crippen molar-refractivity contribution in [2.45, 2.75) is 0 Å². The van der Waals surface area contributed by atoms with Crippen LogP contribution < -0.4 is 59.1 Å². The number of rotatable bonds is 2. The molecule has 6 nitrogen and oxygen atoms in total. The minimum absolute atomic E-state index is 0. The van der Waals surface area contributed by atoms with Crippen LogP contribution in [0.3, 0.4) is 0 Å². The topological polar surface area (TPSA) is 93.1 Å². The van der Waals surface area contributed by atoms with Gasteiger partial charge in [-0.15, -0.1) is 0 Å². The fourth-order valence-electron chi connectivity index (χ4n) is 0.197. The predicted octanol–water partition coefficient (Wildman–Crippen LogP) is -6.19. The first-order valence-corrected chi connectivity index (χ1v) is 2.09. The predicted molar refractivity (Wildman–Crippen MR) is 28.8 cm³/mol. The zero-order chi connectivity index (χ0) is 7.98. The zero-order valence-electron chi connectivity index (χ0n) is 8.68. The van der Waals surface area contributed by atoms with E-state index in [1.165, 1.54) is 0 Å². The van der Waals surface area contributed by atoms with Crippen molar-refractivity contribution in [1.82, 2.24) is 0 Å². The SMILES string of the molecule is O=C(/C=C\C(=O)OO)OO.[H-].[H-].[Na+].[Na+]. The fourth-order valence-corrected chi connectivity index (χ4v) is 0.197. The van der Waals surface area contributed by atoms with Crippen molar-refractivity contribution in [3.63, 3.8) is 0 Å². The van der Waals surface area contributed by atoms with E-state index in [1.807, 2.05) is 0 Å². The van der Waals surface area contributed by atoms with E-state index in [9.17, 15) is 9.59 Å². The van der Waals surface area contributed by atoms with Crippen LogP contribution in [0.5, 0.6) is 0 Å². The van der Waals surface area contributed by atoms with Gasteiger partial charge in [-0.1, -0.05) is 0 Å². The van der Waals surface area contributed by atoms with Crippen LogP contribution in [0.4, 0.5) is 0 Å². The molecule has 0 saturated carbocycles. The Morgan fingerprint density at radius 1 is 1.00 bits per heavy atom. The molecule has 0 aromatic carbocycles. The Labute approximate surface area is 115 Å². The summed E-state index contributed by atoms with van der Waals surface area (Å²) in [6.45, 7) is 0. The maximum absolute atomic E-state index is 9.98. The first-order chi connectivity index (χ1) is 4.70. The van der Waals surface area contributed by atoms with Crippen LogP contribution >= 0.6 is 0 Å². The Kier molecular flexibility index (Phi) is 17.8. The van der Waals surface area contributed by atoms with Gasteiger partial charge < -0.3 is 2.85 Å². The average molecular weight is 196 g/mol. The molecule has 0 amide bonds. The van der Waals surface area contributed by atoms with Gasteiger partial charge in [0.2, 0.25) is 0 Å². The summed E-state index contributed by atoms with van der Waals surface area (Å²) in [7, 11) is 0. The molecule has 0 saturated heterocycles. The van der Waals surface area contributed by atoms with Crippen LogP contribution in [0.2, 0.25) is 0 Å². The molecule has 0 bridgehead atoms. The smallest absolute Gasteiger partial charge is 1.00 e. The van der Waals surface area contributed by atoms with E-state index < -0.39 is 11.9 Å². The van der Waals surface area contributed by atoms with Crippen molar-refractivity contribution < 1.29 is 91.8 Å². The molecule has 0 aliphatic carbocycles. The standard InChI is InChI=1S/C4H4O6.2Na.2H/c5-3(9-7)1-2-4(6)10-8;;;;/h1-2,7-8H;;;;/q;2*+1;2*-1/b2-1-;;;;. The Morgan fingerprint density at radius 3 is 1.42 bits per heavy atom. The largest absolute Gasteiger partial charge is 1.00 e. The van der Waals surface area contributed by atoms with Crippen LogP contribution in [0.25, 0.3) is 0 Å². The van der Waals surface area contributed by atoms with Crippen LogP contribution in [-0.2, 0) is 19.4 Å². The first kappa shape index (κ1) is 18.4. The normalized spacial score (nSPS) is 7.83. The summed E-state index contributed by atoms with van der Waals surface area (Å²) in [4.78, 5) is 26.2. The van der Waals surface area contributed by atoms with Crippen molar-refractivity contribution in [1.29, 1.82) is 0 Å². The van der Waals surface area contributed by atoms with Gasteiger partial charge in [0.05, 0.1) is 0 Å². The zero-order valence-corrected chi connectivity index (χ0v) is 10.7. The van der Waals surface area contributed by atoms with E-state index >= 15 is 0 Å². The molecule has 12 heavy (non-hydrogen) atoms. The molecule has 0 radical (unpaired) electrons. The van der Waals surface area contributed by atoms with Gasteiger partial charge in [-0.2, -0.15) is 10.5 Å². The molecule has 8 heteroatoms. The first-order valence-electron chi connectivity index (χ1n) is 2.09. The molecule has 0 aliphatic rings. The molecule has 0 spiro atoms. The molecule has 0 aromatic rings. The molecule has 0 fully saturated rings. The summed E-state index contributed by atoms with van der Waals surface area (Å²) in [6.07, 6.45) is 1.16. The van der Waals surface area contributed by atoms with Crippen molar-refractivity contribution in [3.05, 3.63) is 12.2 Å². The fraction of sp³-hybridized carbons (Fsp3) is 0. The van der Waals surface area contributed by atoms with Crippen molar-refractivity contribution in [3.8, 4) is 0 Å². The van der Waals surface area contributed by atoms with Gasteiger partial charge in [0.1, 0.15) is 0 Å². The van der Waals surface area contributed by atoms with Gasteiger partial charge in [-0.25, -0.2) is 9.59 Å². The second-order valence-corrected chi connectivity index (χ2v) is 1.15. The Balaban J connectivity index is -0.0000000675.